The zero-order chi connectivity index (χ0) is 20.4. The van der Waals surface area contributed by atoms with Crippen molar-refractivity contribution in [1.82, 2.24) is 9.88 Å². The SMILES string of the molecule is CCOC(=O)N1CCN(c2cncc(C(=O)N3c4ccccc4CC3C)c2)CC1. The van der Waals surface area contributed by atoms with Gasteiger partial charge in [-0.05, 0) is 38.0 Å². The van der Waals surface area contributed by atoms with Crippen LogP contribution in [0.5, 0.6) is 0 Å². The van der Waals surface area contributed by atoms with Crippen LogP contribution in [0, 0.1) is 0 Å². The van der Waals surface area contributed by atoms with Crippen molar-refractivity contribution in [1.29, 1.82) is 0 Å². The van der Waals surface area contributed by atoms with Gasteiger partial charge in [0.2, 0.25) is 0 Å². The third-order valence-electron chi connectivity index (χ3n) is 5.57. The predicted molar refractivity (Wildman–Crippen MR) is 111 cm³/mol. The van der Waals surface area contributed by atoms with Crippen LogP contribution in [0.15, 0.2) is 42.7 Å². The number of rotatable bonds is 3. The minimum Gasteiger partial charge on any atom is -0.450 e. The van der Waals surface area contributed by atoms with Gasteiger partial charge in [-0.1, -0.05) is 18.2 Å². The maximum absolute atomic E-state index is 13.3. The maximum atomic E-state index is 13.3. The van der Waals surface area contributed by atoms with Crippen molar-refractivity contribution < 1.29 is 14.3 Å². The van der Waals surface area contributed by atoms with Gasteiger partial charge in [-0.3, -0.25) is 9.78 Å². The molecule has 0 saturated carbocycles. The number of aromatic nitrogens is 1. The Labute approximate surface area is 170 Å². The number of amides is 2. The van der Waals surface area contributed by atoms with E-state index in [2.05, 4.69) is 22.9 Å². The average molecular weight is 394 g/mol. The van der Waals surface area contributed by atoms with Gasteiger partial charge in [0.1, 0.15) is 0 Å². The minimum absolute atomic E-state index is 0.0260. The monoisotopic (exact) mass is 394 g/mol. The molecule has 1 saturated heterocycles. The summed E-state index contributed by atoms with van der Waals surface area (Å²) in [6.45, 7) is 6.81. The summed E-state index contributed by atoms with van der Waals surface area (Å²) >= 11 is 0. The van der Waals surface area contributed by atoms with Gasteiger partial charge in [-0.25, -0.2) is 4.79 Å². The van der Waals surface area contributed by atoms with Crippen LogP contribution in [0.4, 0.5) is 16.2 Å². The number of pyridine rings is 1. The smallest absolute Gasteiger partial charge is 0.409 e. The molecule has 2 amide bonds. The second-order valence-electron chi connectivity index (χ2n) is 7.46. The molecule has 1 aromatic heterocycles. The summed E-state index contributed by atoms with van der Waals surface area (Å²) in [5.41, 5.74) is 3.67. The first kappa shape index (κ1) is 19.2. The summed E-state index contributed by atoms with van der Waals surface area (Å²) in [5.74, 6) is -0.0260. The third-order valence-corrected chi connectivity index (χ3v) is 5.57. The second kappa shape index (κ2) is 8.11. The molecule has 0 aliphatic carbocycles. The molecule has 152 valence electrons. The van der Waals surface area contributed by atoms with Gasteiger partial charge < -0.3 is 19.4 Å². The van der Waals surface area contributed by atoms with Crippen molar-refractivity contribution in [2.75, 3.05) is 42.6 Å². The van der Waals surface area contributed by atoms with E-state index in [0.717, 1.165) is 17.8 Å². The molecule has 1 unspecified atom stereocenters. The number of hydrogen-bond acceptors (Lipinski definition) is 5. The Bertz CT molecular complexity index is 908. The van der Waals surface area contributed by atoms with Gasteiger partial charge >= 0.3 is 6.09 Å². The van der Waals surface area contributed by atoms with Crippen molar-refractivity contribution in [3.8, 4) is 0 Å². The number of carbonyl (C=O) groups is 2. The first-order chi connectivity index (χ1) is 14.1. The molecule has 1 aromatic carbocycles. The molecule has 7 heteroatoms. The highest BCUT2D eigenvalue weighted by molar-refractivity contribution is 6.08. The van der Waals surface area contributed by atoms with Gasteiger partial charge in [0.15, 0.2) is 0 Å². The quantitative estimate of drug-likeness (QED) is 0.801. The van der Waals surface area contributed by atoms with Crippen LogP contribution >= 0.6 is 0 Å². The van der Waals surface area contributed by atoms with E-state index in [9.17, 15) is 9.59 Å². The Morgan fingerprint density at radius 3 is 2.66 bits per heavy atom. The third kappa shape index (κ3) is 3.77. The molecule has 0 bridgehead atoms. The normalized spacial score (nSPS) is 18.6. The number of nitrogens with zero attached hydrogens (tertiary/aromatic N) is 4. The number of anilines is 2. The molecule has 29 heavy (non-hydrogen) atoms. The van der Waals surface area contributed by atoms with E-state index < -0.39 is 0 Å². The Kier molecular flexibility index (Phi) is 5.38. The molecule has 0 N–H and O–H groups in total. The van der Waals surface area contributed by atoms with Gasteiger partial charge in [-0.2, -0.15) is 0 Å². The van der Waals surface area contributed by atoms with Crippen LogP contribution in [0.1, 0.15) is 29.8 Å². The maximum Gasteiger partial charge on any atom is 0.409 e. The Morgan fingerprint density at radius 2 is 1.90 bits per heavy atom. The highest BCUT2D eigenvalue weighted by atomic mass is 16.6. The molecule has 2 aliphatic heterocycles. The molecular formula is C22H26N4O3. The van der Waals surface area contributed by atoms with Crippen LogP contribution in [-0.4, -0.2) is 60.7 Å². The fourth-order valence-corrected chi connectivity index (χ4v) is 4.09. The summed E-state index contributed by atoms with van der Waals surface area (Å²) < 4.78 is 5.07. The standard InChI is InChI=1S/C22H26N4O3/c1-3-29-22(28)25-10-8-24(9-11-25)19-13-18(14-23-15-19)21(27)26-16(2)12-17-6-4-5-7-20(17)26/h4-7,13-16H,3,8-12H2,1-2H3. The van der Waals surface area contributed by atoms with Crippen molar-refractivity contribution in [3.05, 3.63) is 53.9 Å². The molecule has 0 radical (unpaired) electrons. The second-order valence-corrected chi connectivity index (χ2v) is 7.46. The Balaban J connectivity index is 1.49. The molecule has 2 aromatic rings. The molecular weight excluding hydrogens is 368 g/mol. The fourth-order valence-electron chi connectivity index (χ4n) is 4.09. The summed E-state index contributed by atoms with van der Waals surface area (Å²) in [4.78, 5) is 35.2. The van der Waals surface area contributed by atoms with E-state index >= 15 is 0 Å². The number of hydrogen-bond donors (Lipinski definition) is 0. The lowest BCUT2D eigenvalue weighted by atomic mass is 10.1. The molecule has 4 rings (SSSR count). The summed E-state index contributed by atoms with van der Waals surface area (Å²) in [5, 5.41) is 0. The van der Waals surface area contributed by atoms with Crippen LogP contribution in [0.3, 0.4) is 0 Å². The lowest BCUT2D eigenvalue weighted by Gasteiger charge is -2.35. The van der Waals surface area contributed by atoms with E-state index in [1.54, 1.807) is 17.3 Å². The number of carbonyl (C=O) groups excluding carboxylic acids is 2. The van der Waals surface area contributed by atoms with Crippen LogP contribution in [0.2, 0.25) is 0 Å². The van der Waals surface area contributed by atoms with E-state index in [-0.39, 0.29) is 18.0 Å². The predicted octanol–water partition coefficient (Wildman–Crippen LogP) is 2.95. The average Bonchev–Trinajstić information content (AvgIpc) is 3.09. The minimum atomic E-state index is -0.268. The molecule has 0 spiro atoms. The summed E-state index contributed by atoms with van der Waals surface area (Å²) in [7, 11) is 0. The zero-order valence-electron chi connectivity index (χ0n) is 16.9. The topological polar surface area (TPSA) is 66.0 Å². The number of piperazine rings is 1. The van der Waals surface area contributed by atoms with Crippen molar-refractivity contribution in [3.63, 3.8) is 0 Å². The van der Waals surface area contributed by atoms with Crippen molar-refractivity contribution >= 4 is 23.4 Å². The fraction of sp³-hybridized carbons (Fsp3) is 0.409. The van der Waals surface area contributed by atoms with Crippen molar-refractivity contribution in [2.45, 2.75) is 26.3 Å². The van der Waals surface area contributed by atoms with Crippen LogP contribution < -0.4 is 9.80 Å². The molecule has 2 aliphatic rings. The number of benzene rings is 1. The molecule has 7 nitrogen and oxygen atoms in total. The lowest BCUT2D eigenvalue weighted by molar-refractivity contribution is 0.0980. The lowest BCUT2D eigenvalue weighted by Crippen LogP contribution is -2.49. The summed E-state index contributed by atoms with van der Waals surface area (Å²) in [6, 6.07) is 10.1. The van der Waals surface area contributed by atoms with E-state index in [1.165, 1.54) is 5.56 Å². The Hall–Kier alpha value is -3.09. The van der Waals surface area contributed by atoms with Gasteiger partial charge in [-0.15, -0.1) is 0 Å². The first-order valence-electron chi connectivity index (χ1n) is 10.1. The van der Waals surface area contributed by atoms with Crippen molar-refractivity contribution in [2.24, 2.45) is 0 Å². The van der Waals surface area contributed by atoms with Crippen LogP contribution in [-0.2, 0) is 11.2 Å². The highest BCUT2D eigenvalue weighted by Gasteiger charge is 2.31. The first-order valence-corrected chi connectivity index (χ1v) is 10.1. The highest BCUT2D eigenvalue weighted by Crippen LogP contribution is 2.33. The van der Waals surface area contributed by atoms with Gasteiger partial charge in [0.05, 0.1) is 24.1 Å². The Morgan fingerprint density at radius 1 is 1.14 bits per heavy atom. The number of fused-ring (bicyclic) bond motifs is 1. The summed E-state index contributed by atoms with van der Waals surface area (Å²) in [6.07, 6.45) is 4.01. The van der Waals surface area contributed by atoms with Crippen LogP contribution in [0.25, 0.3) is 0 Å². The van der Waals surface area contributed by atoms with E-state index in [0.29, 0.717) is 38.3 Å². The number of para-hydroxylation sites is 1. The molecule has 1 fully saturated rings. The largest absolute Gasteiger partial charge is 0.450 e. The molecule has 3 heterocycles. The van der Waals surface area contributed by atoms with E-state index in [4.69, 9.17) is 4.74 Å². The molecule has 1 atom stereocenters. The van der Waals surface area contributed by atoms with Gasteiger partial charge in [0, 0.05) is 44.1 Å². The number of ether oxygens (including phenoxy) is 1. The van der Waals surface area contributed by atoms with Gasteiger partial charge in [0.25, 0.3) is 5.91 Å². The zero-order valence-corrected chi connectivity index (χ0v) is 16.9. The van der Waals surface area contributed by atoms with E-state index in [1.807, 2.05) is 36.1 Å².